The SMILES string of the molecule is Cc1ccc(-c2cc(C(=O)Nc3ccc(N4CCCCC4)cc3)nn2C2CCS(=O)(=O)C2)cc1C. The predicted molar refractivity (Wildman–Crippen MR) is 140 cm³/mol. The van der Waals surface area contributed by atoms with E-state index in [0.29, 0.717) is 12.1 Å². The van der Waals surface area contributed by atoms with Crippen molar-refractivity contribution in [1.82, 2.24) is 9.78 Å². The molecule has 0 aliphatic carbocycles. The van der Waals surface area contributed by atoms with Gasteiger partial charge in [-0.05, 0) is 87.1 Å². The first-order valence-electron chi connectivity index (χ1n) is 12.3. The smallest absolute Gasteiger partial charge is 0.276 e. The van der Waals surface area contributed by atoms with E-state index in [2.05, 4.69) is 28.3 Å². The number of anilines is 2. The zero-order valence-corrected chi connectivity index (χ0v) is 21.1. The fourth-order valence-electron chi connectivity index (χ4n) is 4.97. The molecule has 1 unspecified atom stereocenters. The maximum atomic E-state index is 13.1. The second-order valence-electron chi connectivity index (χ2n) is 9.76. The van der Waals surface area contributed by atoms with Crippen molar-refractivity contribution in [3.63, 3.8) is 0 Å². The Kier molecular flexibility index (Phi) is 6.40. The van der Waals surface area contributed by atoms with E-state index in [0.717, 1.165) is 29.9 Å². The molecule has 7 nitrogen and oxygen atoms in total. The Labute approximate surface area is 207 Å². The number of carbonyl (C=O) groups excluding carboxylic acids is 1. The maximum Gasteiger partial charge on any atom is 0.276 e. The summed E-state index contributed by atoms with van der Waals surface area (Å²) in [5.41, 5.74) is 6.16. The monoisotopic (exact) mass is 492 g/mol. The van der Waals surface area contributed by atoms with Crippen molar-refractivity contribution in [2.24, 2.45) is 0 Å². The van der Waals surface area contributed by atoms with Crippen LogP contribution in [0.4, 0.5) is 11.4 Å². The molecule has 0 saturated carbocycles. The normalized spacial score (nSPS) is 19.6. The highest BCUT2D eigenvalue weighted by Gasteiger charge is 2.32. The van der Waals surface area contributed by atoms with Crippen molar-refractivity contribution < 1.29 is 13.2 Å². The third-order valence-electron chi connectivity index (χ3n) is 7.17. The lowest BCUT2D eigenvalue weighted by atomic mass is 10.0. The summed E-state index contributed by atoms with van der Waals surface area (Å²) in [6.07, 6.45) is 4.22. The Bertz CT molecular complexity index is 1340. The molecule has 0 radical (unpaired) electrons. The number of hydrogen-bond acceptors (Lipinski definition) is 5. The van der Waals surface area contributed by atoms with Crippen LogP contribution in [-0.4, -0.2) is 48.7 Å². The van der Waals surface area contributed by atoms with Crippen LogP contribution in [0.2, 0.25) is 0 Å². The highest BCUT2D eigenvalue weighted by molar-refractivity contribution is 7.91. The molecule has 2 saturated heterocycles. The first-order chi connectivity index (χ1) is 16.8. The van der Waals surface area contributed by atoms with Crippen LogP contribution in [-0.2, 0) is 9.84 Å². The van der Waals surface area contributed by atoms with Gasteiger partial charge in [0.1, 0.15) is 0 Å². The number of nitrogens with one attached hydrogen (secondary N) is 1. The Balaban J connectivity index is 1.41. The van der Waals surface area contributed by atoms with Crippen LogP contribution >= 0.6 is 0 Å². The van der Waals surface area contributed by atoms with Crippen LogP contribution in [0.25, 0.3) is 11.3 Å². The third kappa shape index (κ3) is 5.12. The van der Waals surface area contributed by atoms with E-state index in [-0.39, 0.29) is 29.1 Å². The molecule has 1 amide bonds. The molecule has 3 aromatic rings. The molecule has 35 heavy (non-hydrogen) atoms. The maximum absolute atomic E-state index is 13.1. The van der Waals surface area contributed by atoms with Gasteiger partial charge in [-0.3, -0.25) is 9.48 Å². The number of sulfone groups is 1. The van der Waals surface area contributed by atoms with Crippen molar-refractivity contribution >= 4 is 27.1 Å². The highest BCUT2D eigenvalue weighted by atomic mass is 32.2. The molecular weight excluding hydrogens is 460 g/mol. The van der Waals surface area contributed by atoms with Crippen LogP contribution < -0.4 is 10.2 Å². The minimum atomic E-state index is -3.10. The predicted octanol–water partition coefficient (Wildman–Crippen LogP) is 4.77. The molecule has 1 aromatic heterocycles. The summed E-state index contributed by atoms with van der Waals surface area (Å²) in [4.78, 5) is 15.5. The van der Waals surface area contributed by atoms with E-state index >= 15 is 0 Å². The van der Waals surface area contributed by atoms with Gasteiger partial charge < -0.3 is 10.2 Å². The number of aromatic nitrogens is 2. The summed E-state index contributed by atoms with van der Waals surface area (Å²) < 4.78 is 26.1. The number of piperidine rings is 1. The number of rotatable bonds is 5. The van der Waals surface area contributed by atoms with Crippen molar-refractivity contribution in [1.29, 1.82) is 0 Å². The van der Waals surface area contributed by atoms with Gasteiger partial charge in [-0.15, -0.1) is 0 Å². The summed E-state index contributed by atoms with van der Waals surface area (Å²) in [6, 6.07) is 15.5. The zero-order chi connectivity index (χ0) is 24.6. The molecule has 184 valence electrons. The molecule has 1 N–H and O–H groups in total. The van der Waals surface area contributed by atoms with Crippen LogP contribution in [0.15, 0.2) is 48.5 Å². The molecule has 3 heterocycles. The fourth-order valence-corrected chi connectivity index (χ4v) is 6.66. The van der Waals surface area contributed by atoms with E-state index in [1.807, 2.05) is 43.3 Å². The topological polar surface area (TPSA) is 84.3 Å². The molecular formula is C27H32N4O3S. The van der Waals surface area contributed by atoms with Crippen molar-refractivity contribution in [2.45, 2.75) is 45.6 Å². The van der Waals surface area contributed by atoms with E-state index in [4.69, 9.17) is 0 Å². The van der Waals surface area contributed by atoms with Gasteiger partial charge in [0.15, 0.2) is 15.5 Å². The summed E-state index contributed by atoms with van der Waals surface area (Å²) in [5, 5.41) is 7.56. The van der Waals surface area contributed by atoms with Crippen LogP contribution in [0.3, 0.4) is 0 Å². The summed E-state index contributed by atoms with van der Waals surface area (Å²) in [5.74, 6) is -0.110. The molecule has 2 aliphatic heterocycles. The molecule has 0 spiro atoms. The molecule has 2 fully saturated rings. The molecule has 5 rings (SSSR count). The lowest BCUT2D eigenvalue weighted by Crippen LogP contribution is -2.29. The van der Waals surface area contributed by atoms with Crippen LogP contribution in [0.5, 0.6) is 0 Å². The number of nitrogens with zero attached hydrogens (tertiary/aromatic N) is 3. The second-order valence-corrected chi connectivity index (χ2v) is 12.0. The largest absolute Gasteiger partial charge is 0.372 e. The lowest BCUT2D eigenvalue weighted by Gasteiger charge is -2.28. The number of carbonyl (C=O) groups is 1. The molecule has 2 aromatic carbocycles. The van der Waals surface area contributed by atoms with Crippen LogP contribution in [0.1, 0.15) is 53.3 Å². The minimum absolute atomic E-state index is 0.0472. The third-order valence-corrected chi connectivity index (χ3v) is 8.92. The van der Waals surface area contributed by atoms with Crippen molar-refractivity contribution in [3.8, 4) is 11.3 Å². The minimum Gasteiger partial charge on any atom is -0.372 e. The van der Waals surface area contributed by atoms with E-state index in [1.54, 1.807) is 10.7 Å². The summed E-state index contributed by atoms with van der Waals surface area (Å²) >= 11 is 0. The van der Waals surface area contributed by atoms with E-state index in [9.17, 15) is 13.2 Å². The van der Waals surface area contributed by atoms with Gasteiger partial charge in [0.2, 0.25) is 0 Å². The summed E-state index contributed by atoms with van der Waals surface area (Å²) in [6.45, 7) is 6.23. The zero-order valence-electron chi connectivity index (χ0n) is 20.3. The first-order valence-corrected chi connectivity index (χ1v) is 14.2. The Morgan fingerprint density at radius 1 is 0.971 bits per heavy atom. The fraction of sp³-hybridized carbons (Fsp3) is 0.407. The van der Waals surface area contributed by atoms with Crippen molar-refractivity contribution in [2.75, 3.05) is 34.8 Å². The molecule has 8 heteroatoms. The Morgan fingerprint density at radius 2 is 1.71 bits per heavy atom. The molecule has 2 aliphatic rings. The Hall–Kier alpha value is -3.13. The number of hydrogen-bond donors (Lipinski definition) is 1. The van der Waals surface area contributed by atoms with Crippen LogP contribution in [0, 0.1) is 13.8 Å². The van der Waals surface area contributed by atoms with Crippen molar-refractivity contribution in [3.05, 3.63) is 65.4 Å². The van der Waals surface area contributed by atoms with Gasteiger partial charge >= 0.3 is 0 Å². The second kappa shape index (κ2) is 9.49. The van der Waals surface area contributed by atoms with E-state index in [1.165, 1.54) is 30.5 Å². The number of amides is 1. The summed E-state index contributed by atoms with van der Waals surface area (Å²) in [7, 11) is -3.10. The van der Waals surface area contributed by atoms with E-state index < -0.39 is 9.84 Å². The number of benzene rings is 2. The average molecular weight is 493 g/mol. The lowest BCUT2D eigenvalue weighted by molar-refractivity contribution is 0.102. The van der Waals surface area contributed by atoms with Gasteiger partial charge in [-0.25, -0.2) is 8.42 Å². The standard InChI is InChI=1S/C27H32N4O3S/c1-19-6-7-21(16-20(19)2)26-17-25(29-31(26)24-12-15-35(33,34)18-24)27(32)28-22-8-10-23(11-9-22)30-13-4-3-5-14-30/h6-11,16-17,24H,3-5,12-15,18H2,1-2H3,(H,28,32). The quantitative estimate of drug-likeness (QED) is 0.555. The van der Waals surface area contributed by atoms with Gasteiger partial charge in [-0.1, -0.05) is 12.1 Å². The van der Waals surface area contributed by atoms with Gasteiger partial charge in [-0.2, -0.15) is 5.10 Å². The Morgan fingerprint density at radius 3 is 2.37 bits per heavy atom. The van der Waals surface area contributed by atoms with Gasteiger partial charge in [0.25, 0.3) is 5.91 Å². The molecule has 0 bridgehead atoms. The van der Waals surface area contributed by atoms with Gasteiger partial charge in [0, 0.05) is 30.0 Å². The average Bonchev–Trinajstić information content (AvgIpc) is 3.45. The van der Waals surface area contributed by atoms with Gasteiger partial charge in [0.05, 0.1) is 23.2 Å². The first kappa shape index (κ1) is 23.6. The highest BCUT2D eigenvalue weighted by Crippen LogP contribution is 2.31. The number of aryl methyl sites for hydroxylation is 2. The molecule has 1 atom stereocenters.